The van der Waals surface area contributed by atoms with E-state index in [1.807, 2.05) is 6.08 Å². The number of hydrogen-bond donors (Lipinski definition) is 1. The third kappa shape index (κ3) is 3.93. The molecule has 0 aromatic carbocycles. The van der Waals surface area contributed by atoms with Crippen LogP contribution >= 0.6 is 0 Å². The number of rotatable bonds is 6. The van der Waals surface area contributed by atoms with E-state index in [0.717, 1.165) is 12.5 Å². The first-order valence-corrected chi connectivity index (χ1v) is 5.43. The van der Waals surface area contributed by atoms with Crippen molar-refractivity contribution in [1.29, 1.82) is 0 Å². The lowest BCUT2D eigenvalue weighted by Gasteiger charge is -2.08. The Labute approximate surface area is 87.6 Å². The predicted molar refractivity (Wildman–Crippen MR) is 63.3 cm³/mol. The van der Waals surface area contributed by atoms with Gasteiger partial charge < -0.3 is 5.32 Å². The van der Waals surface area contributed by atoms with Crippen molar-refractivity contribution in [3.8, 4) is 0 Å². The van der Waals surface area contributed by atoms with E-state index < -0.39 is 0 Å². The fourth-order valence-corrected chi connectivity index (χ4v) is 1.39. The van der Waals surface area contributed by atoms with Gasteiger partial charge in [-0.25, -0.2) is 0 Å². The van der Waals surface area contributed by atoms with Gasteiger partial charge in [0, 0.05) is 6.54 Å². The summed E-state index contributed by atoms with van der Waals surface area (Å²) in [5, 5.41) is 3.49. The highest BCUT2D eigenvalue weighted by molar-refractivity contribution is 5.32. The summed E-state index contributed by atoms with van der Waals surface area (Å²) in [7, 11) is 0. The first-order chi connectivity index (χ1) is 6.77. The van der Waals surface area contributed by atoms with Crippen molar-refractivity contribution in [3.05, 3.63) is 36.0 Å². The van der Waals surface area contributed by atoms with E-state index in [0.29, 0.717) is 0 Å². The summed E-state index contributed by atoms with van der Waals surface area (Å²) in [5.74, 6) is 0.950. The molecule has 1 saturated carbocycles. The van der Waals surface area contributed by atoms with Crippen molar-refractivity contribution in [2.75, 3.05) is 13.1 Å². The third-order valence-electron chi connectivity index (χ3n) is 2.70. The van der Waals surface area contributed by atoms with Gasteiger partial charge in [-0.05, 0) is 44.7 Å². The molecule has 0 unspecified atom stereocenters. The fraction of sp³-hybridized carbons (Fsp3) is 0.538. The van der Waals surface area contributed by atoms with E-state index in [-0.39, 0.29) is 0 Å². The maximum atomic E-state index is 3.74. The first-order valence-electron chi connectivity index (χ1n) is 5.43. The summed E-state index contributed by atoms with van der Waals surface area (Å²) in [6.07, 6.45) is 8.93. The summed E-state index contributed by atoms with van der Waals surface area (Å²) in [4.78, 5) is 0. The highest BCUT2D eigenvalue weighted by atomic mass is 14.9. The standard InChI is InChI=1S/C13H21N/c1-4-6-13(11(3)5-2)10-14-9-12-7-8-12/h4-6,12,14H,1,7-10H2,2-3H3/b11-5-,13-6-. The summed E-state index contributed by atoms with van der Waals surface area (Å²) in [6, 6.07) is 0. The zero-order chi connectivity index (χ0) is 10.4. The summed E-state index contributed by atoms with van der Waals surface area (Å²) < 4.78 is 0. The Balaban J connectivity index is 2.34. The molecule has 0 saturated heterocycles. The zero-order valence-electron chi connectivity index (χ0n) is 9.34. The average molecular weight is 191 g/mol. The summed E-state index contributed by atoms with van der Waals surface area (Å²) >= 11 is 0. The number of nitrogens with one attached hydrogen (secondary N) is 1. The minimum Gasteiger partial charge on any atom is -0.312 e. The molecule has 0 aliphatic heterocycles. The van der Waals surface area contributed by atoms with Crippen LogP contribution in [0.3, 0.4) is 0 Å². The van der Waals surface area contributed by atoms with Gasteiger partial charge in [0.2, 0.25) is 0 Å². The van der Waals surface area contributed by atoms with Crippen LogP contribution in [0.15, 0.2) is 36.0 Å². The molecular weight excluding hydrogens is 170 g/mol. The lowest BCUT2D eigenvalue weighted by Crippen LogP contribution is -2.20. The van der Waals surface area contributed by atoms with Crippen LogP contribution in [0.2, 0.25) is 0 Å². The van der Waals surface area contributed by atoms with Crippen LogP contribution in [0.1, 0.15) is 26.7 Å². The van der Waals surface area contributed by atoms with Crippen LogP contribution in [-0.2, 0) is 0 Å². The van der Waals surface area contributed by atoms with Crippen LogP contribution in [0.4, 0.5) is 0 Å². The lowest BCUT2D eigenvalue weighted by molar-refractivity contribution is 0.673. The summed E-state index contributed by atoms with van der Waals surface area (Å²) in [5.41, 5.74) is 2.69. The van der Waals surface area contributed by atoms with Crippen LogP contribution in [0.25, 0.3) is 0 Å². The van der Waals surface area contributed by atoms with Gasteiger partial charge in [0.25, 0.3) is 0 Å². The lowest BCUT2D eigenvalue weighted by atomic mass is 10.1. The monoisotopic (exact) mass is 191 g/mol. The Morgan fingerprint density at radius 3 is 2.71 bits per heavy atom. The van der Waals surface area contributed by atoms with E-state index in [4.69, 9.17) is 0 Å². The molecule has 0 heterocycles. The SMILES string of the molecule is C=C/C=C(CNCC1CC1)\C(C)=C/C. The molecule has 1 N–H and O–H groups in total. The quantitative estimate of drug-likeness (QED) is 0.636. The minimum atomic E-state index is 0.950. The smallest absolute Gasteiger partial charge is 0.0208 e. The van der Waals surface area contributed by atoms with Crippen molar-refractivity contribution >= 4 is 0 Å². The molecule has 78 valence electrons. The van der Waals surface area contributed by atoms with E-state index >= 15 is 0 Å². The molecule has 0 spiro atoms. The number of hydrogen-bond acceptors (Lipinski definition) is 1. The van der Waals surface area contributed by atoms with Crippen LogP contribution in [-0.4, -0.2) is 13.1 Å². The Kier molecular flexibility index (Phi) is 4.68. The second kappa shape index (κ2) is 5.82. The topological polar surface area (TPSA) is 12.0 Å². The molecule has 0 radical (unpaired) electrons. The molecule has 0 aromatic rings. The Morgan fingerprint density at radius 2 is 2.21 bits per heavy atom. The summed E-state index contributed by atoms with van der Waals surface area (Å²) in [6.45, 7) is 10.1. The molecule has 1 fully saturated rings. The molecule has 1 rings (SSSR count). The van der Waals surface area contributed by atoms with Gasteiger partial charge in [0.15, 0.2) is 0 Å². The Hall–Kier alpha value is -0.820. The van der Waals surface area contributed by atoms with Crippen LogP contribution < -0.4 is 5.32 Å². The molecule has 0 aromatic heterocycles. The van der Waals surface area contributed by atoms with Crippen molar-refractivity contribution in [2.45, 2.75) is 26.7 Å². The largest absolute Gasteiger partial charge is 0.312 e. The normalized spacial score (nSPS) is 18.4. The first kappa shape index (κ1) is 11.3. The second-order valence-corrected chi connectivity index (χ2v) is 3.97. The predicted octanol–water partition coefficient (Wildman–Crippen LogP) is 3.06. The number of allylic oxidation sites excluding steroid dienone is 3. The minimum absolute atomic E-state index is 0.950. The molecule has 14 heavy (non-hydrogen) atoms. The highest BCUT2D eigenvalue weighted by Gasteiger charge is 2.20. The fourth-order valence-electron chi connectivity index (χ4n) is 1.39. The maximum absolute atomic E-state index is 3.74. The molecule has 0 bridgehead atoms. The van der Waals surface area contributed by atoms with E-state index in [9.17, 15) is 0 Å². The highest BCUT2D eigenvalue weighted by Crippen LogP contribution is 2.27. The molecule has 1 aliphatic rings. The molecular formula is C13H21N. The third-order valence-corrected chi connectivity index (χ3v) is 2.70. The van der Waals surface area contributed by atoms with Gasteiger partial charge >= 0.3 is 0 Å². The Morgan fingerprint density at radius 1 is 1.50 bits per heavy atom. The van der Waals surface area contributed by atoms with Crippen molar-refractivity contribution < 1.29 is 0 Å². The van der Waals surface area contributed by atoms with Gasteiger partial charge in [-0.3, -0.25) is 0 Å². The van der Waals surface area contributed by atoms with Gasteiger partial charge in [-0.1, -0.05) is 30.4 Å². The van der Waals surface area contributed by atoms with Crippen molar-refractivity contribution in [1.82, 2.24) is 5.32 Å². The molecule has 0 amide bonds. The zero-order valence-corrected chi connectivity index (χ0v) is 9.34. The molecule has 1 nitrogen and oxygen atoms in total. The second-order valence-electron chi connectivity index (χ2n) is 3.97. The molecule has 0 atom stereocenters. The van der Waals surface area contributed by atoms with Crippen molar-refractivity contribution in [3.63, 3.8) is 0 Å². The molecule has 1 aliphatic carbocycles. The van der Waals surface area contributed by atoms with Gasteiger partial charge in [-0.15, -0.1) is 0 Å². The van der Waals surface area contributed by atoms with Crippen molar-refractivity contribution in [2.24, 2.45) is 5.92 Å². The Bertz CT molecular complexity index is 244. The average Bonchev–Trinajstić information content (AvgIpc) is 2.99. The maximum Gasteiger partial charge on any atom is 0.0208 e. The van der Waals surface area contributed by atoms with E-state index in [1.165, 1.54) is 30.5 Å². The van der Waals surface area contributed by atoms with Gasteiger partial charge in [0.05, 0.1) is 0 Å². The van der Waals surface area contributed by atoms with Crippen LogP contribution in [0, 0.1) is 5.92 Å². The van der Waals surface area contributed by atoms with Crippen LogP contribution in [0.5, 0.6) is 0 Å². The van der Waals surface area contributed by atoms with E-state index in [2.05, 4.69) is 37.9 Å². The van der Waals surface area contributed by atoms with Gasteiger partial charge in [-0.2, -0.15) is 0 Å². The molecule has 1 heteroatoms. The van der Waals surface area contributed by atoms with Gasteiger partial charge in [0.1, 0.15) is 0 Å². The van der Waals surface area contributed by atoms with E-state index in [1.54, 1.807) is 0 Å².